The molecular weight excluding hydrogens is 477 g/mol. The topological polar surface area (TPSA) is 68.3 Å². The van der Waals surface area contributed by atoms with Crippen LogP contribution in [0, 0.1) is 5.92 Å². The number of ether oxygens (including phenoxy) is 3. The molecular formula is C26H35F3N2O5. The van der Waals surface area contributed by atoms with Crippen LogP contribution in [0.1, 0.15) is 63.5 Å². The van der Waals surface area contributed by atoms with E-state index in [1.165, 1.54) is 12.1 Å². The van der Waals surface area contributed by atoms with Crippen molar-refractivity contribution in [1.82, 2.24) is 9.80 Å². The molecule has 1 spiro atoms. The third-order valence-corrected chi connectivity index (χ3v) is 7.00. The van der Waals surface area contributed by atoms with E-state index < -0.39 is 23.1 Å². The predicted molar refractivity (Wildman–Crippen MR) is 125 cm³/mol. The van der Waals surface area contributed by atoms with Crippen LogP contribution in [-0.4, -0.2) is 72.6 Å². The minimum Gasteiger partial charge on any atom is -0.460 e. The Bertz CT molecular complexity index is 928. The minimum atomic E-state index is -4.41. The number of carbonyl (C=O) groups excluding carboxylic acids is 2. The van der Waals surface area contributed by atoms with Crippen molar-refractivity contribution in [1.29, 1.82) is 0 Å². The molecule has 2 unspecified atom stereocenters. The summed E-state index contributed by atoms with van der Waals surface area (Å²) in [6.45, 7) is 8.28. The lowest BCUT2D eigenvalue weighted by atomic mass is 9.83. The molecule has 0 saturated carbocycles. The van der Waals surface area contributed by atoms with Gasteiger partial charge in [0.1, 0.15) is 5.60 Å². The van der Waals surface area contributed by atoms with Crippen molar-refractivity contribution in [3.8, 4) is 0 Å². The summed E-state index contributed by atoms with van der Waals surface area (Å²) in [7, 11) is 0. The third kappa shape index (κ3) is 6.51. The standard InChI is InChI=1S/C26H35F3N2O5/c1-24(2,3)36-22(32)15-18-14-20(19-4-6-21(7-5-19)26(27,28)29)17-31(16-18)23(33)30-10-8-25(9-11-30)34-12-13-35-25/h4-7,18,20H,8-17H2,1-3H3. The summed E-state index contributed by atoms with van der Waals surface area (Å²) in [4.78, 5) is 29.5. The molecule has 3 aliphatic rings. The highest BCUT2D eigenvalue weighted by atomic mass is 19.4. The molecule has 3 saturated heterocycles. The zero-order valence-corrected chi connectivity index (χ0v) is 21.1. The van der Waals surface area contributed by atoms with E-state index in [9.17, 15) is 22.8 Å². The van der Waals surface area contributed by atoms with Crippen LogP contribution in [0.3, 0.4) is 0 Å². The van der Waals surface area contributed by atoms with Crippen molar-refractivity contribution in [2.24, 2.45) is 5.92 Å². The summed E-state index contributed by atoms with van der Waals surface area (Å²) in [6, 6.07) is 4.97. The lowest BCUT2D eigenvalue weighted by Crippen LogP contribution is -2.54. The summed E-state index contributed by atoms with van der Waals surface area (Å²) in [5, 5.41) is 0. The van der Waals surface area contributed by atoms with E-state index >= 15 is 0 Å². The molecule has 200 valence electrons. The van der Waals surface area contributed by atoms with Crippen LogP contribution >= 0.6 is 0 Å². The fourth-order valence-electron chi connectivity index (χ4n) is 5.34. The van der Waals surface area contributed by atoms with E-state index in [4.69, 9.17) is 14.2 Å². The molecule has 3 fully saturated rings. The van der Waals surface area contributed by atoms with Crippen LogP contribution in [-0.2, 0) is 25.2 Å². The highest BCUT2D eigenvalue weighted by Gasteiger charge is 2.42. The maximum atomic E-state index is 13.5. The monoisotopic (exact) mass is 512 g/mol. The molecule has 3 aliphatic heterocycles. The van der Waals surface area contributed by atoms with Gasteiger partial charge in [-0.25, -0.2) is 4.79 Å². The molecule has 1 aromatic carbocycles. The predicted octanol–water partition coefficient (Wildman–Crippen LogP) is 4.80. The van der Waals surface area contributed by atoms with Crippen LogP contribution in [0.25, 0.3) is 0 Å². The van der Waals surface area contributed by atoms with Gasteiger partial charge in [-0.15, -0.1) is 0 Å². The molecule has 3 heterocycles. The van der Waals surface area contributed by atoms with Gasteiger partial charge in [-0.05, 0) is 50.8 Å². The number of piperidine rings is 2. The van der Waals surface area contributed by atoms with E-state index in [1.807, 2.05) is 0 Å². The first-order valence-corrected chi connectivity index (χ1v) is 12.5. The van der Waals surface area contributed by atoms with Crippen molar-refractivity contribution < 1.29 is 37.0 Å². The summed E-state index contributed by atoms with van der Waals surface area (Å²) in [5.41, 5.74) is -0.610. The highest BCUT2D eigenvalue weighted by Crippen LogP contribution is 2.36. The van der Waals surface area contributed by atoms with Crippen LogP contribution in [0.2, 0.25) is 0 Å². The van der Waals surface area contributed by atoms with E-state index in [0.717, 1.165) is 17.7 Å². The van der Waals surface area contributed by atoms with E-state index in [0.29, 0.717) is 58.7 Å². The van der Waals surface area contributed by atoms with Crippen LogP contribution in [0.5, 0.6) is 0 Å². The van der Waals surface area contributed by atoms with Gasteiger partial charge >= 0.3 is 18.2 Å². The number of urea groups is 1. The second-order valence-electron chi connectivity index (χ2n) is 11.0. The first kappa shape index (κ1) is 26.7. The second-order valence-corrected chi connectivity index (χ2v) is 11.0. The number of halogens is 3. The van der Waals surface area contributed by atoms with Crippen LogP contribution in [0.15, 0.2) is 24.3 Å². The Kier molecular flexibility index (Phi) is 7.57. The van der Waals surface area contributed by atoms with Crippen molar-refractivity contribution in [3.05, 3.63) is 35.4 Å². The van der Waals surface area contributed by atoms with Gasteiger partial charge in [0.2, 0.25) is 0 Å². The lowest BCUT2D eigenvalue weighted by Gasteiger charge is -2.43. The molecule has 7 nitrogen and oxygen atoms in total. The third-order valence-electron chi connectivity index (χ3n) is 7.00. The molecule has 2 amide bonds. The first-order valence-electron chi connectivity index (χ1n) is 12.5. The molecule has 0 aliphatic carbocycles. The van der Waals surface area contributed by atoms with Gasteiger partial charge in [-0.1, -0.05) is 12.1 Å². The molecule has 2 atom stereocenters. The number of alkyl halides is 3. The van der Waals surface area contributed by atoms with Crippen molar-refractivity contribution in [3.63, 3.8) is 0 Å². The SMILES string of the molecule is CC(C)(C)OC(=O)CC1CC(c2ccc(C(F)(F)F)cc2)CN(C(=O)N2CCC3(CC2)OCCO3)C1. The molecule has 0 aromatic heterocycles. The lowest BCUT2D eigenvalue weighted by molar-refractivity contribution is -0.182. The fraction of sp³-hybridized carbons (Fsp3) is 0.692. The normalized spacial score (nSPS) is 24.7. The number of carbonyl (C=O) groups is 2. The Hall–Kier alpha value is -2.33. The smallest absolute Gasteiger partial charge is 0.416 e. The summed E-state index contributed by atoms with van der Waals surface area (Å²) >= 11 is 0. The Morgan fingerprint density at radius 3 is 2.17 bits per heavy atom. The zero-order chi connectivity index (χ0) is 26.1. The Balaban J connectivity index is 1.48. The summed E-state index contributed by atoms with van der Waals surface area (Å²) in [6.07, 6.45) is -2.50. The quantitative estimate of drug-likeness (QED) is 0.545. The van der Waals surface area contributed by atoms with Crippen LogP contribution in [0.4, 0.5) is 18.0 Å². The molecule has 0 radical (unpaired) electrons. The number of hydrogen-bond donors (Lipinski definition) is 0. The Morgan fingerprint density at radius 1 is 1.00 bits per heavy atom. The number of amides is 2. The van der Waals surface area contributed by atoms with Crippen molar-refractivity contribution >= 4 is 12.0 Å². The van der Waals surface area contributed by atoms with Gasteiger partial charge < -0.3 is 24.0 Å². The molecule has 0 N–H and O–H groups in total. The van der Waals surface area contributed by atoms with Gasteiger partial charge in [0.05, 0.1) is 25.2 Å². The van der Waals surface area contributed by atoms with E-state index in [-0.39, 0.29) is 30.3 Å². The number of benzene rings is 1. The Morgan fingerprint density at radius 2 is 1.61 bits per heavy atom. The van der Waals surface area contributed by atoms with Gasteiger partial charge in [-0.3, -0.25) is 4.79 Å². The molecule has 1 aromatic rings. The minimum absolute atomic E-state index is 0.131. The van der Waals surface area contributed by atoms with Crippen molar-refractivity contribution in [2.75, 3.05) is 39.4 Å². The molecule has 36 heavy (non-hydrogen) atoms. The molecule has 4 rings (SSSR count). The van der Waals surface area contributed by atoms with Gasteiger partial charge in [0.15, 0.2) is 5.79 Å². The number of hydrogen-bond acceptors (Lipinski definition) is 5. The van der Waals surface area contributed by atoms with Crippen molar-refractivity contribution in [2.45, 2.75) is 69.9 Å². The summed E-state index contributed by atoms with van der Waals surface area (Å²) in [5.74, 6) is -1.29. The number of nitrogens with zero attached hydrogens (tertiary/aromatic N) is 2. The van der Waals surface area contributed by atoms with Gasteiger partial charge in [0.25, 0.3) is 0 Å². The van der Waals surface area contributed by atoms with E-state index in [2.05, 4.69) is 0 Å². The maximum Gasteiger partial charge on any atom is 0.416 e. The summed E-state index contributed by atoms with van der Waals surface area (Å²) < 4.78 is 56.2. The zero-order valence-electron chi connectivity index (χ0n) is 21.1. The molecule has 10 heteroatoms. The Labute approximate surface area is 209 Å². The average molecular weight is 513 g/mol. The number of likely N-dealkylation sites (tertiary alicyclic amines) is 2. The average Bonchev–Trinajstić information content (AvgIpc) is 3.25. The number of esters is 1. The van der Waals surface area contributed by atoms with E-state index in [1.54, 1.807) is 30.6 Å². The largest absolute Gasteiger partial charge is 0.460 e. The first-order chi connectivity index (χ1) is 16.8. The molecule has 0 bridgehead atoms. The highest BCUT2D eigenvalue weighted by molar-refractivity contribution is 5.75. The maximum absolute atomic E-state index is 13.5. The van der Waals surface area contributed by atoms with Crippen LogP contribution < -0.4 is 0 Å². The fourth-order valence-corrected chi connectivity index (χ4v) is 5.34. The van der Waals surface area contributed by atoms with Gasteiger partial charge in [0, 0.05) is 44.9 Å². The van der Waals surface area contributed by atoms with Gasteiger partial charge in [-0.2, -0.15) is 13.2 Å². The second kappa shape index (κ2) is 10.2. The number of rotatable bonds is 3.